The summed E-state index contributed by atoms with van der Waals surface area (Å²) in [6.07, 6.45) is 0.314. The highest BCUT2D eigenvalue weighted by atomic mass is 17.2. The fourth-order valence-corrected chi connectivity index (χ4v) is 1.61. The van der Waals surface area contributed by atoms with Crippen molar-refractivity contribution in [3.8, 4) is 0 Å². The molecule has 7 heteroatoms. The maximum absolute atomic E-state index is 12.1. The Balaban J connectivity index is 1.60. The Bertz CT molecular complexity index is 253. The first kappa shape index (κ1) is 10.3. The first-order valence-corrected chi connectivity index (χ1v) is 5.34. The highest BCUT2D eigenvalue weighted by molar-refractivity contribution is 5.74. The van der Waals surface area contributed by atoms with E-state index in [-0.39, 0.29) is 31.7 Å². The maximum atomic E-state index is 12.1. The average molecular weight is 230 g/mol. The van der Waals surface area contributed by atoms with Gasteiger partial charge in [0.1, 0.15) is 0 Å². The van der Waals surface area contributed by atoms with E-state index in [1.165, 1.54) is 0 Å². The van der Waals surface area contributed by atoms with Gasteiger partial charge in [0.05, 0.1) is 38.5 Å². The van der Waals surface area contributed by atoms with Crippen LogP contribution in [0.25, 0.3) is 0 Å². The third-order valence-corrected chi connectivity index (χ3v) is 2.69. The Labute approximate surface area is 92.7 Å². The molecule has 7 nitrogen and oxygen atoms in total. The molecule has 3 saturated heterocycles. The number of epoxide rings is 2. The van der Waals surface area contributed by atoms with Gasteiger partial charge in [-0.3, -0.25) is 9.80 Å². The Morgan fingerprint density at radius 1 is 1.00 bits per heavy atom. The van der Waals surface area contributed by atoms with E-state index in [2.05, 4.69) is 0 Å². The summed E-state index contributed by atoms with van der Waals surface area (Å²) in [6.45, 7) is 2.86. The van der Waals surface area contributed by atoms with Crippen LogP contribution in [-0.4, -0.2) is 67.8 Å². The lowest BCUT2D eigenvalue weighted by Gasteiger charge is -2.24. The first-order chi connectivity index (χ1) is 7.83. The molecular weight excluding hydrogens is 216 g/mol. The van der Waals surface area contributed by atoms with Gasteiger partial charge in [0, 0.05) is 0 Å². The second-order valence-electron chi connectivity index (χ2n) is 4.13. The fourth-order valence-electron chi connectivity index (χ4n) is 1.61. The van der Waals surface area contributed by atoms with Crippen LogP contribution in [0, 0.1) is 0 Å². The van der Waals surface area contributed by atoms with E-state index >= 15 is 0 Å². The minimum atomic E-state index is -0.0801. The first-order valence-electron chi connectivity index (χ1n) is 5.34. The minimum Gasteiger partial charge on any atom is -0.371 e. The van der Waals surface area contributed by atoms with Crippen LogP contribution in [0.1, 0.15) is 0 Å². The van der Waals surface area contributed by atoms with Crippen LogP contribution in [0.4, 0.5) is 4.79 Å². The SMILES string of the molecule is O=C1N(CC2CO2)COOCN1CC1CO1. The molecule has 0 aromatic rings. The molecule has 3 rings (SSSR count). The number of carbonyl (C=O) groups is 1. The van der Waals surface area contributed by atoms with Gasteiger partial charge in [0.15, 0.2) is 13.5 Å². The molecule has 0 spiro atoms. The lowest BCUT2D eigenvalue weighted by atomic mass is 10.4. The van der Waals surface area contributed by atoms with Crippen molar-refractivity contribution in [2.24, 2.45) is 0 Å². The van der Waals surface area contributed by atoms with E-state index in [4.69, 9.17) is 19.2 Å². The monoisotopic (exact) mass is 230 g/mol. The summed E-state index contributed by atoms with van der Waals surface area (Å²) in [6, 6.07) is -0.0801. The number of rotatable bonds is 4. The molecule has 0 aromatic carbocycles. The van der Waals surface area contributed by atoms with E-state index in [9.17, 15) is 4.79 Å². The molecule has 3 aliphatic rings. The summed E-state index contributed by atoms with van der Waals surface area (Å²) in [4.78, 5) is 25.0. The molecule has 90 valence electrons. The summed E-state index contributed by atoms with van der Waals surface area (Å²) in [5, 5.41) is 0. The van der Waals surface area contributed by atoms with Crippen LogP contribution in [0.15, 0.2) is 0 Å². The number of carbonyl (C=O) groups excluding carboxylic acids is 1. The van der Waals surface area contributed by atoms with Gasteiger partial charge >= 0.3 is 6.03 Å². The molecule has 2 atom stereocenters. The summed E-state index contributed by atoms with van der Waals surface area (Å²) >= 11 is 0. The van der Waals surface area contributed by atoms with Crippen molar-refractivity contribution in [3.63, 3.8) is 0 Å². The van der Waals surface area contributed by atoms with E-state index in [1.54, 1.807) is 9.80 Å². The van der Waals surface area contributed by atoms with Crippen molar-refractivity contribution in [1.29, 1.82) is 0 Å². The normalized spacial score (nSPS) is 33.9. The van der Waals surface area contributed by atoms with Crippen molar-refractivity contribution >= 4 is 6.03 Å². The second kappa shape index (κ2) is 4.17. The number of nitrogens with zero attached hydrogens (tertiary/aromatic N) is 2. The molecule has 0 saturated carbocycles. The van der Waals surface area contributed by atoms with Crippen LogP contribution >= 0.6 is 0 Å². The van der Waals surface area contributed by atoms with E-state index in [1.807, 2.05) is 0 Å². The molecule has 3 heterocycles. The van der Waals surface area contributed by atoms with Gasteiger partial charge in [-0.1, -0.05) is 0 Å². The van der Waals surface area contributed by atoms with E-state index < -0.39 is 0 Å². The third-order valence-electron chi connectivity index (χ3n) is 2.69. The molecular formula is C9H14N2O5. The third kappa shape index (κ3) is 2.43. The van der Waals surface area contributed by atoms with Gasteiger partial charge in [0.2, 0.25) is 0 Å². The van der Waals surface area contributed by atoms with Gasteiger partial charge in [-0.2, -0.15) is 0 Å². The number of urea groups is 1. The van der Waals surface area contributed by atoms with E-state index in [0.717, 1.165) is 13.2 Å². The Kier molecular flexibility index (Phi) is 2.68. The fraction of sp³-hybridized carbons (Fsp3) is 0.889. The predicted octanol–water partition coefficient (Wildman–Crippen LogP) is -0.615. The highest BCUT2D eigenvalue weighted by Crippen LogP contribution is 2.17. The zero-order valence-electron chi connectivity index (χ0n) is 8.83. The lowest BCUT2D eigenvalue weighted by Crippen LogP contribution is -2.45. The largest absolute Gasteiger partial charge is 0.371 e. The Morgan fingerprint density at radius 3 is 1.81 bits per heavy atom. The van der Waals surface area contributed by atoms with Gasteiger partial charge in [0.25, 0.3) is 0 Å². The standard InChI is InChI=1S/C9H14N2O5/c12-9-10(1-7-3-13-7)5-15-16-6-11(9)2-8-4-14-8/h7-8H,1-6H2. The second-order valence-corrected chi connectivity index (χ2v) is 4.13. The Morgan fingerprint density at radius 2 is 1.44 bits per heavy atom. The van der Waals surface area contributed by atoms with Crippen molar-refractivity contribution in [3.05, 3.63) is 0 Å². The van der Waals surface area contributed by atoms with E-state index in [0.29, 0.717) is 13.1 Å². The molecule has 2 amide bonds. The van der Waals surface area contributed by atoms with Crippen molar-refractivity contribution in [2.75, 3.05) is 39.8 Å². The topological polar surface area (TPSA) is 67.1 Å². The van der Waals surface area contributed by atoms with Crippen molar-refractivity contribution in [1.82, 2.24) is 9.80 Å². The van der Waals surface area contributed by atoms with Crippen molar-refractivity contribution in [2.45, 2.75) is 12.2 Å². The van der Waals surface area contributed by atoms with Gasteiger partial charge in [-0.25, -0.2) is 14.6 Å². The highest BCUT2D eigenvalue weighted by Gasteiger charge is 2.35. The zero-order valence-corrected chi connectivity index (χ0v) is 8.83. The van der Waals surface area contributed by atoms with Crippen LogP contribution in [-0.2, 0) is 19.2 Å². The van der Waals surface area contributed by atoms with Gasteiger partial charge in [-0.15, -0.1) is 0 Å². The smallest absolute Gasteiger partial charge is 0.324 e. The predicted molar refractivity (Wildman–Crippen MR) is 50.2 cm³/mol. The number of ether oxygens (including phenoxy) is 2. The molecule has 0 aromatic heterocycles. The van der Waals surface area contributed by atoms with Crippen LogP contribution in [0.3, 0.4) is 0 Å². The number of amides is 2. The average Bonchev–Trinajstić information content (AvgIpc) is 3.11. The maximum Gasteiger partial charge on any atom is 0.324 e. The molecule has 16 heavy (non-hydrogen) atoms. The summed E-state index contributed by atoms with van der Waals surface area (Å²) in [5.74, 6) is 0. The van der Waals surface area contributed by atoms with Gasteiger partial charge < -0.3 is 9.47 Å². The molecule has 3 aliphatic heterocycles. The number of hydrogen-bond donors (Lipinski definition) is 0. The molecule has 0 aliphatic carbocycles. The summed E-state index contributed by atoms with van der Waals surface area (Å²) in [5.41, 5.74) is 0. The summed E-state index contributed by atoms with van der Waals surface area (Å²) in [7, 11) is 0. The Hall–Kier alpha value is -0.890. The molecule has 3 fully saturated rings. The van der Waals surface area contributed by atoms with Crippen molar-refractivity contribution < 1.29 is 24.0 Å². The summed E-state index contributed by atoms with van der Waals surface area (Å²) < 4.78 is 10.2. The molecule has 2 unspecified atom stereocenters. The van der Waals surface area contributed by atoms with Crippen LogP contribution in [0.5, 0.6) is 0 Å². The quantitative estimate of drug-likeness (QED) is 0.476. The van der Waals surface area contributed by atoms with Crippen LogP contribution < -0.4 is 0 Å². The van der Waals surface area contributed by atoms with Gasteiger partial charge in [-0.05, 0) is 0 Å². The zero-order chi connectivity index (χ0) is 11.0. The molecule has 0 radical (unpaired) electrons. The molecule has 0 N–H and O–H groups in total. The lowest BCUT2D eigenvalue weighted by molar-refractivity contribution is -0.314. The number of hydrogen-bond acceptors (Lipinski definition) is 5. The minimum absolute atomic E-state index is 0.0801. The molecule has 0 bridgehead atoms. The van der Waals surface area contributed by atoms with Crippen LogP contribution in [0.2, 0.25) is 0 Å².